The van der Waals surface area contributed by atoms with Crippen LogP contribution >= 0.6 is 15.6 Å². The van der Waals surface area contributed by atoms with Crippen molar-refractivity contribution >= 4 is 27.6 Å². The number of allylic oxidation sites excluding steroid dienone is 10. The van der Waals surface area contributed by atoms with Crippen molar-refractivity contribution in [3.8, 4) is 0 Å². The number of carbonyl (C=O) groups is 2. The van der Waals surface area contributed by atoms with Crippen molar-refractivity contribution in [2.75, 3.05) is 13.2 Å². The van der Waals surface area contributed by atoms with E-state index in [1.165, 1.54) is 51.4 Å². The van der Waals surface area contributed by atoms with Gasteiger partial charge in [-0.3, -0.25) is 23.2 Å². The number of phosphoric ester groups is 2. The number of aliphatic hydroxyl groups excluding tert-OH is 4. The Balaban J connectivity index is 2.60. The molecular formula is C47H82O16P2. The molecule has 376 valence electrons. The first kappa shape index (κ1) is 60.7. The molecule has 0 bridgehead atoms. The van der Waals surface area contributed by atoms with Gasteiger partial charge in [0.15, 0.2) is 6.10 Å². The van der Waals surface area contributed by atoms with Crippen LogP contribution in [0.2, 0.25) is 0 Å². The summed E-state index contributed by atoms with van der Waals surface area (Å²) in [5.41, 5.74) is 0. The van der Waals surface area contributed by atoms with E-state index < -0.39 is 83.5 Å². The maximum atomic E-state index is 13.0. The van der Waals surface area contributed by atoms with Gasteiger partial charge in [0.05, 0.1) is 6.61 Å². The molecule has 1 aliphatic carbocycles. The van der Waals surface area contributed by atoms with Crippen LogP contribution in [0.15, 0.2) is 60.8 Å². The first-order valence-electron chi connectivity index (χ1n) is 23.8. The summed E-state index contributed by atoms with van der Waals surface area (Å²) in [5, 5.41) is 41.2. The zero-order valence-electron chi connectivity index (χ0n) is 38.9. The highest BCUT2D eigenvalue weighted by Crippen LogP contribution is 2.49. The summed E-state index contributed by atoms with van der Waals surface area (Å²) >= 11 is 0. The Kier molecular flexibility index (Phi) is 35.2. The maximum absolute atomic E-state index is 13.0. The second kappa shape index (κ2) is 37.7. The normalized spacial score (nSPS) is 22.2. The van der Waals surface area contributed by atoms with E-state index in [1.54, 1.807) is 0 Å². The summed E-state index contributed by atoms with van der Waals surface area (Å²) in [6.45, 7) is 2.96. The molecule has 0 aromatic carbocycles. The second-order valence-corrected chi connectivity index (χ2v) is 19.1. The minimum Gasteiger partial charge on any atom is -0.462 e. The highest BCUT2D eigenvalue weighted by atomic mass is 31.2. The predicted octanol–water partition coefficient (Wildman–Crippen LogP) is 9.06. The van der Waals surface area contributed by atoms with Crippen molar-refractivity contribution in [2.45, 2.75) is 211 Å². The van der Waals surface area contributed by atoms with Gasteiger partial charge in [-0.2, -0.15) is 0 Å². The molecule has 8 unspecified atom stereocenters. The average molecular weight is 965 g/mol. The zero-order valence-corrected chi connectivity index (χ0v) is 40.7. The molecule has 0 radical (unpaired) electrons. The SMILES string of the molecule is CCC=CCC=CCC=CCC=CCC=CCCCCCC(=O)OCC(COP(=O)(O)OC1C(O)C(O)C(O)C(OP(=O)(O)O)C1O)OC(=O)CCCCCCCCCCCCCCC. The molecule has 0 aromatic rings. The summed E-state index contributed by atoms with van der Waals surface area (Å²) < 4.78 is 49.3. The molecule has 1 aliphatic rings. The standard InChI is InChI=1S/C47H82O16P2/c1-3-5-7-9-11-13-15-17-18-19-20-21-22-24-25-27-29-31-33-35-40(48)59-37-39(61-41(49)36-34-32-30-28-26-23-16-14-12-10-8-6-4-2)38-60-65(57,58)63-47-44(52)42(50)43(51)46(45(47)53)62-64(54,55)56/h5,7,11,13,17-18,20-21,24-25,39,42-47,50-53H,3-4,6,8-10,12,14-16,19,22-23,26-38H2,1-2H3,(H,57,58)(H2,54,55,56). The minimum atomic E-state index is -5.37. The van der Waals surface area contributed by atoms with Crippen LogP contribution in [0.4, 0.5) is 0 Å². The lowest BCUT2D eigenvalue weighted by atomic mass is 9.85. The summed E-state index contributed by atoms with van der Waals surface area (Å²) in [6.07, 6.45) is 28.9. The van der Waals surface area contributed by atoms with Gasteiger partial charge in [-0.15, -0.1) is 0 Å². The Morgan fingerprint density at radius 3 is 1.43 bits per heavy atom. The number of hydrogen-bond acceptors (Lipinski definition) is 13. The summed E-state index contributed by atoms with van der Waals surface area (Å²) in [4.78, 5) is 54.3. The molecule has 1 fully saturated rings. The van der Waals surface area contributed by atoms with Crippen LogP contribution in [-0.4, -0.2) is 103 Å². The van der Waals surface area contributed by atoms with Gasteiger partial charge in [-0.25, -0.2) is 9.13 Å². The number of phosphoric acid groups is 2. The van der Waals surface area contributed by atoms with E-state index in [-0.39, 0.29) is 12.8 Å². The van der Waals surface area contributed by atoms with Gasteiger partial charge >= 0.3 is 27.6 Å². The number of esters is 2. The number of carbonyl (C=O) groups excluding carboxylic acids is 2. The molecule has 0 heterocycles. The van der Waals surface area contributed by atoms with Gasteiger partial charge in [-0.1, -0.05) is 158 Å². The van der Waals surface area contributed by atoms with E-state index in [0.717, 1.165) is 77.0 Å². The van der Waals surface area contributed by atoms with Crippen LogP contribution in [0.3, 0.4) is 0 Å². The molecule has 65 heavy (non-hydrogen) atoms. The molecule has 0 aromatic heterocycles. The molecule has 1 rings (SSSR count). The molecular weight excluding hydrogens is 882 g/mol. The third-order valence-corrected chi connectivity index (χ3v) is 12.1. The lowest BCUT2D eigenvalue weighted by molar-refractivity contribution is -0.216. The van der Waals surface area contributed by atoms with E-state index in [9.17, 15) is 53.8 Å². The lowest BCUT2D eigenvalue weighted by Crippen LogP contribution is -2.64. The van der Waals surface area contributed by atoms with Gasteiger partial charge in [0.25, 0.3) is 0 Å². The van der Waals surface area contributed by atoms with E-state index in [2.05, 4.69) is 79.1 Å². The summed E-state index contributed by atoms with van der Waals surface area (Å²) in [5.74, 6) is -1.24. The molecule has 8 atom stereocenters. The van der Waals surface area contributed by atoms with Gasteiger partial charge in [0.1, 0.15) is 43.2 Å². The van der Waals surface area contributed by atoms with Crippen molar-refractivity contribution in [3.05, 3.63) is 60.8 Å². The van der Waals surface area contributed by atoms with Crippen molar-refractivity contribution in [1.82, 2.24) is 0 Å². The molecule has 0 spiro atoms. The van der Waals surface area contributed by atoms with E-state index in [1.807, 2.05) is 0 Å². The topological polar surface area (TPSA) is 256 Å². The Labute approximate surface area is 388 Å². The fraction of sp³-hybridized carbons (Fsp3) is 0.745. The Hall–Kier alpha value is -2.30. The fourth-order valence-corrected chi connectivity index (χ4v) is 8.47. The Morgan fingerprint density at radius 2 is 0.938 bits per heavy atom. The molecule has 1 saturated carbocycles. The second-order valence-electron chi connectivity index (χ2n) is 16.5. The molecule has 0 saturated heterocycles. The minimum absolute atomic E-state index is 0.0367. The van der Waals surface area contributed by atoms with E-state index in [0.29, 0.717) is 12.8 Å². The quantitative estimate of drug-likeness (QED) is 0.0131. The number of aliphatic hydroxyl groups is 4. The maximum Gasteiger partial charge on any atom is 0.472 e. The van der Waals surface area contributed by atoms with Crippen LogP contribution in [-0.2, 0) is 41.8 Å². The Morgan fingerprint density at radius 1 is 0.508 bits per heavy atom. The number of unbranched alkanes of at least 4 members (excludes halogenated alkanes) is 15. The van der Waals surface area contributed by atoms with Crippen molar-refractivity contribution in [2.24, 2.45) is 0 Å². The molecule has 16 nitrogen and oxygen atoms in total. The van der Waals surface area contributed by atoms with E-state index >= 15 is 0 Å². The molecule has 18 heteroatoms. The Bertz CT molecular complexity index is 1490. The van der Waals surface area contributed by atoms with Gasteiger partial charge in [0, 0.05) is 12.8 Å². The third-order valence-electron chi connectivity index (χ3n) is 10.6. The van der Waals surface area contributed by atoms with Gasteiger partial charge in [0.2, 0.25) is 0 Å². The highest BCUT2D eigenvalue weighted by molar-refractivity contribution is 7.47. The fourth-order valence-electron chi connectivity index (χ4n) is 6.93. The predicted molar refractivity (Wildman–Crippen MR) is 250 cm³/mol. The molecule has 7 N–H and O–H groups in total. The smallest absolute Gasteiger partial charge is 0.462 e. The van der Waals surface area contributed by atoms with Crippen LogP contribution in [0.25, 0.3) is 0 Å². The molecule has 0 aliphatic heterocycles. The van der Waals surface area contributed by atoms with Crippen LogP contribution in [0, 0.1) is 0 Å². The molecule has 0 amide bonds. The van der Waals surface area contributed by atoms with Crippen molar-refractivity contribution < 1.29 is 76.9 Å². The number of ether oxygens (including phenoxy) is 2. The first-order chi connectivity index (χ1) is 31.1. The number of hydrogen-bond donors (Lipinski definition) is 7. The monoisotopic (exact) mass is 965 g/mol. The highest BCUT2D eigenvalue weighted by Gasteiger charge is 2.54. The van der Waals surface area contributed by atoms with Crippen LogP contribution in [0.1, 0.15) is 168 Å². The summed E-state index contributed by atoms with van der Waals surface area (Å²) in [6, 6.07) is 0. The zero-order chi connectivity index (χ0) is 48.2. The van der Waals surface area contributed by atoms with Crippen LogP contribution in [0.5, 0.6) is 0 Å². The first-order valence-corrected chi connectivity index (χ1v) is 26.9. The third kappa shape index (κ3) is 32.2. The largest absolute Gasteiger partial charge is 0.472 e. The van der Waals surface area contributed by atoms with E-state index in [4.69, 9.17) is 18.5 Å². The van der Waals surface area contributed by atoms with Gasteiger partial charge in [-0.05, 0) is 57.8 Å². The van der Waals surface area contributed by atoms with Crippen LogP contribution < -0.4 is 0 Å². The lowest BCUT2D eigenvalue weighted by Gasteiger charge is -2.43. The van der Waals surface area contributed by atoms with Crippen molar-refractivity contribution in [1.29, 1.82) is 0 Å². The number of rotatable bonds is 39. The summed E-state index contributed by atoms with van der Waals surface area (Å²) in [7, 11) is -10.7. The van der Waals surface area contributed by atoms with Gasteiger partial charge < -0.3 is 44.6 Å². The van der Waals surface area contributed by atoms with Crippen molar-refractivity contribution in [3.63, 3.8) is 0 Å². The average Bonchev–Trinajstić information content (AvgIpc) is 3.26.